The van der Waals surface area contributed by atoms with E-state index in [1.807, 2.05) is 13.8 Å². The van der Waals surface area contributed by atoms with Crippen LogP contribution in [0.15, 0.2) is 6.07 Å². The van der Waals surface area contributed by atoms with Crippen molar-refractivity contribution in [2.24, 2.45) is 0 Å². The second-order valence-corrected chi connectivity index (χ2v) is 4.01. The summed E-state index contributed by atoms with van der Waals surface area (Å²) in [7, 11) is 1.78. The van der Waals surface area contributed by atoms with Gasteiger partial charge in [0.05, 0.1) is 6.54 Å². The molecule has 0 spiro atoms. The van der Waals surface area contributed by atoms with Gasteiger partial charge in [0.15, 0.2) is 5.82 Å². The van der Waals surface area contributed by atoms with Crippen LogP contribution in [0.4, 0.5) is 11.6 Å². The van der Waals surface area contributed by atoms with Crippen LogP contribution in [0, 0.1) is 0 Å². The number of hydrogen-bond acceptors (Lipinski definition) is 6. The zero-order valence-corrected chi connectivity index (χ0v) is 11.6. The monoisotopic (exact) mass is 267 g/mol. The summed E-state index contributed by atoms with van der Waals surface area (Å²) in [6.45, 7) is 5.49. The number of nitrogens with one attached hydrogen (secondary N) is 1. The van der Waals surface area contributed by atoms with Crippen molar-refractivity contribution >= 4 is 17.5 Å². The minimum Gasteiger partial charge on any atom is -0.384 e. The maximum absolute atomic E-state index is 11.5. The molecule has 7 heteroatoms. The maximum Gasteiger partial charge on any atom is 0.239 e. The predicted octanol–water partition coefficient (Wildman–Crippen LogP) is 0.168. The SMILES string of the molecule is CCNC(=O)CN(C)c1cc(N)nc(COCC)n1. The van der Waals surface area contributed by atoms with Crippen molar-refractivity contribution < 1.29 is 9.53 Å². The zero-order chi connectivity index (χ0) is 14.3. The highest BCUT2D eigenvalue weighted by Gasteiger charge is 2.10. The van der Waals surface area contributed by atoms with Crippen LogP contribution in [-0.4, -0.2) is 42.6 Å². The van der Waals surface area contributed by atoms with Gasteiger partial charge in [-0.3, -0.25) is 4.79 Å². The highest BCUT2D eigenvalue weighted by Crippen LogP contribution is 2.12. The minimum atomic E-state index is -0.0615. The van der Waals surface area contributed by atoms with Gasteiger partial charge >= 0.3 is 0 Å². The summed E-state index contributed by atoms with van der Waals surface area (Å²) in [6.07, 6.45) is 0. The summed E-state index contributed by atoms with van der Waals surface area (Å²) >= 11 is 0. The van der Waals surface area contributed by atoms with Crippen molar-refractivity contribution in [1.29, 1.82) is 0 Å². The van der Waals surface area contributed by atoms with E-state index >= 15 is 0 Å². The van der Waals surface area contributed by atoms with E-state index < -0.39 is 0 Å². The molecular weight excluding hydrogens is 246 g/mol. The van der Waals surface area contributed by atoms with Gasteiger partial charge in [0.1, 0.15) is 18.2 Å². The molecule has 1 aromatic rings. The third-order valence-corrected chi connectivity index (χ3v) is 2.36. The molecule has 7 nitrogen and oxygen atoms in total. The van der Waals surface area contributed by atoms with Crippen molar-refractivity contribution in [3.05, 3.63) is 11.9 Å². The van der Waals surface area contributed by atoms with Crippen molar-refractivity contribution in [3.63, 3.8) is 0 Å². The average Bonchev–Trinajstić information content (AvgIpc) is 2.36. The van der Waals surface area contributed by atoms with Crippen molar-refractivity contribution in [2.45, 2.75) is 20.5 Å². The number of nitrogens with zero attached hydrogens (tertiary/aromatic N) is 3. The minimum absolute atomic E-state index is 0.0615. The lowest BCUT2D eigenvalue weighted by Gasteiger charge is -2.18. The highest BCUT2D eigenvalue weighted by atomic mass is 16.5. The van der Waals surface area contributed by atoms with Crippen LogP contribution in [0.2, 0.25) is 0 Å². The van der Waals surface area contributed by atoms with Crippen LogP contribution >= 0.6 is 0 Å². The summed E-state index contributed by atoms with van der Waals surface area (Å²) in [5.41, 5.74) is 5.72. The van der Waals surface area contributed by atoms with Gasteiger partial charge in [0.2, 0.25) is 5.91 Å². The molecule has 0 bridgehead atoms. The normalized spacial score (nSPS) is 10.3. The smallest absolute Gasteiger partial charge is 0.239 e. The van der Waals surface area contributed by atoms with Crippen molar-refractivity contribution in [2.75, 3.05) is 37.4 Å². The molecule has 0 aliphatic rings. The Morgan fingerprint density at radius 2 is 2.21 bits per heavy atom. The molecule has 1 rings (SSSR count). The fourth-order valence-corrected chi connectivity index (χ4v) is 1.51. The van der Waals surface area contributed by atoms with E-state index in [1.54, 1.807) is 18.0 Å². The van der Waals surface area contributed by atoms with Gasteiger partial charge in [0, 0.05) is 26.3 Å². The third-order valence-electron chi connectivity index (χ3n) is 2.36. The first-order chi connectivity index (χ1) is 9.06. The van der Waals surface area contributed by atoms with Crippen LogP contribution in [0.1, 0.15) is 19.7 Å². The molecule has 106 valence electrons. The number of nitrogen functional groups attached to an aromatic ring is 1. The Morgan fingerprint density at radius 3 is 2.84 bits per heavy atom. The van der Waals surface area contributed by atoms with E-state index in [1.165, 1.54) is 0 Å². The van der Waals surface area contributed by atoms with Crippen molar-refractivity contribution in [3.8, 4) is 0 Å². The van der Waals surface area contributed by atoms with Crippen LogP contribution in [-0.2, 0) is 16.1 Å². The van der Waals surface area contributed by atoms with Gasteiger partial charge in [-0.2, -0.15) is 0 Å². The van der Waals surface area contributed by atoms with Gasteiger partial charge in [0.25, 0.3) is 0 Å². The lowest BCUT2D eigenvalue weighted by Crippen LogP contribution is -2.35. The summed E-state index contributed by atoms with van der Waals surface area (Å²) in [5.74, 6) is 1.42. The molecule has 1 amide bonds. The van der Waals surface area contributed by atoms with Gasteiger partial charge in [-0.25, -0.2) is 9.97 Å². The Bertz CT molecular complexity index is 425. The molecule has 0 aliphatic carbocycles. The summed E-state index contributed by atoms with van der Waals surface area (Å²) < 4.78 is 5.25. The number of carbonyl (C=O) groups is 1. The first-order valence-corrected chi connectivity index (χ1v) is 6.25. The van der Waals surface area contributed by atoms with Crippen LogP contribution < -0.4 is 16.0 Å². The number of nitrogens with two attached hydrogens (primary N) is 1. The first-order valence-electron chi connectivity index (χ1n) is 6.25. The summed E-state index contributed by atoms with van der Waals surface area (Å²) in [6, 6.07) is 1.63. The number of hydrogen-bond donors (Lipinski definition) is 2. The molecule has 0 saturated heterocycles. The lowest BCUT2D eigenvalue weighted by atomic mass is 10.4. The number of aromatic nitrogens is 2. The molecule has 0 aliphatic heterocycles. The molecule has 1 heterocycles. The van der Waals surface area contributed by atoms with Gasteiger partial charge in [-0.15, -0.1) is 0 Å². The van der Waals surface area contributed by atoms with E-state index in [2.05, 4.69) is 15.3 Å². The van der Waals surface area contributed by atoms with E-state index in [4.69, 9.17) is 10.5 Å². The standard InChI is InChI=1S/C12H21N5O2/c1-4-14-12(18)7-17(3)11-6-9(13)15-10(16-11)8-19-5-2/h6H,4-5,7-8H2,1-3H3,(H,14,18)(H2,13,15,16). The number of amides is 1. The fourth-order valence-electron chi connectivity index (χ4n) is 1.51. The molecule has 1 aromatic heterocycles. The molecule has 3 N–H and O–H groups in total. The number of ether oxygens (including phenoxy) is 1. The number of rotatable bonds is 7. The Balaban J connectivity index is 2.75. The van der Waals surface area contributed by atoms with Crippen LogP contribution in [0.25, 0.3) is 0 Å². The molecule has 0 radical (unpaired) electrons. The van der Waals surface area contributed by atoms with E-state index in [-0.39, 0.29) is 12.5 Å². The third kappa shape index (κ3) is 5.09. The summed E-state index contributed by atoms with van der Waals surface area (Å²) in [5, 5.41) is 2.73. The number of likely N-dealkylation sites (N-methyl/N-ethyl adjacent to an activating group) is 2. The predicted molar refractivity (Wildman–Crippen MR) is 73.7 cm³/mol. The van der Waals surface area contributed by atoms with Gasteiger partial charge in [-0.05, 0) is 13.8 Å². The van der Waals surface area contributed by atoms with Gasteiger partial charge < -0.3 is 20.7 Å². The second-order valence-electron chi connectivity index (χ2n) is 4.01. The quantitative estimate of drug-likeness (QED) is 0.731. The van der Waals surface area contributed by atoms with E-state index in [0.717, 1.165) is 0 Å². The topological polar surface area (TPSA) is 93.4 Å². The molecular formula is C12H21N5O2. The molecule has 19 heavy (non-hydrogen) atoms. The molecule has 0 atom stereocenters. The average molecular weight is 267 g/mol. The van der Waals surface area contributed by atoms with Crippen LogP contribution in [0.3, 0.4) is 0 Å². The van der Waals surface area contributed by atoms with E-state index in [0.29, 0.717) is 37.2 Å². The Morgan fingerprint density at radius 1 is 1.47 bits per heavy atom. The zero-order valence-electron chi connectivity index (χ0n) is 11.6. The second kappa shape index (κ2) is 7.52. The number of carbonyl (C=O) groups excluding carboxylic acids is 1. The molecule has 0 unspecified atom stereocenters. The molecule has 0 fully saturated rings. The summed E-state index contributed by atoms with van der Waals surface area (Å²) in [4.78, 5) is 21.6. The van der Waals surface area contributed by atoms with Crippen LogP contribution in [0.5, 0.6) is 0 Å². The number of anilines is 2. The Labute approximate surface area is 113 Å². The van der Waals surface area contributed by atoms with E-state index in [9.17, 15) is 4.79 Å². The lowest BCUT2D eigenvalue weighted by molar-refractivity contribution is -0.119. The Kier molecular flexibility index (Phi) is 6.01. The fraction of sp³-hybridized carbons (Fsp3) is 0.583. The molecule has 0 aromatic carbocycles. The maximum atomic E-state index is 11.5. The van der Waals surface area contributed by atoms with Gasteiger partial charge in [-0.1, -0.05) is 0 Å². The largest absolute Gasteiger partial charge is 0.384 e. The Hall–Kier alpha value is -1.89. The highest BCUT2D eigenvalue weighted by molar-refractivity contribution is 5.80. The first kappa shape index (κ1) is 15.2. The van der Waals surface area contributed by atoms with Crippen molar-refractivity contribution in [1.82, 2.24) is 15.3 Å². The molecule has 0 saturated carbocycles.